The molecule has 3 N–H and O–H groups in total. The van der Waals surface area contributed by atoms with E-state index >= 15 is 0 Å². The Morgan fingerprint density at radius 1 is 1.04 bits per heavy atom. The minimum atomic E-state index is -0.576. The van der Waals surface area contributed by atoms with Gasteiger partial charge in [0, 0.05) is 12.2 Å². The molecule has 128 valence electrons. The summed E-state index contributed by atoms with van der Waals surface area (Å²) in [7, 11) is 0. The second-order valence-electron chi connectivity index (χ2n) is 6.89. The SMILES string of the molecule is CC(C)(C)c1ccccc1NC(=O)NCCC(O)c1ccccc1. The number of benzene rings is 2. The Hall–Kier alpha value is -2.33. The molecule has 0 aromatic heterocycles. The van der Waals surface area contributed by atoms with Crippen molar-refractivity contribution in [2.45, 2.75) is 38.7 Å². The Morgan fingerprint density at radius 3 is 2.33 bits per heavy atom. The highest BCUT2D eigenvalue weighted by Gasteiger charge is 2.18. The average molecular weight is 326 g/mol. The summed E-state index contributed by atoms with van der Waals surface area (Å²) in [5.74, 6) is 0. The maximum atomic E-state index is 12.1. The average Bonchev–Trinajstić information content (AvgIpc) is 2.55. The van der Waals surface area contributed by atoms with E-state index in [-0.39, 0.29) is 11.4 Å². The number of carbonyl (C=O) groups is 1. The van der Waals surface area contributed by atoms with Crippen molar-refractivity contribution in [3.05, 3.63) is 65.7 Å². The Bertz CT molecular complexity index is 663. The molecule has 0 bridgehead atoms. The van der Waals surface area contributed by atoms with Crippen molar-refractivity contribution < 1.29 is 9.90 Å². The van der Waals surface area contributed by atoms with Crippen LogP contribution < -0.4 is 10.6 Å². The summed E-state index contributed by atoms with van der Waals surface area (Å²) in [6.07, 6.45) is -0.105. The zero-order valence-corrected chi connectivity index (χ0v) is 14.5. The maximum Gasteiger partial charge on any atom is 0.319 e. The third kappa shape index (κ3) is 5.10. The number of anilines is 1. The van der Waals surface area contributed by atoms with Crippen LogP contribution >= 0.6 is 0 Å². The minimum absolute atomic E-state index is 0.0482. The lowest BCUT2D eigenvalue weighted by Gasteiger charge is -2.23. The van der Waals surface area contributed by atoms with Gasteiger partial charge in [-0.3, -0.25) is 0 Å². The first-order valence-electron chi connectivity index (χ1n) is 8.25. The van der Waals surface area contributed by atoms with Crippen molar-refractivity contribution in [3.63, 3.8) is 0 Å². The lowest BCUT2D eigenvalue weighted by molar-refractivity contribution is 0.167. The highest BCUT2D eigenvalue weighted by Crippen LogP contribution is 2.29. The summed E-state index contributed by atoms with van der Waals surface area (Å²) >= 11 is 0. The number of rotatable bonds is 5. The van der Waals surface area contributed by atoms with Gasteiger partial charge >= 0.3 is 6.03 Å². The second-order valence-corrected chi connectivity index (χ2v) is 6.89. The van der Waals surface area contributed by atoms with Gasteiger partial charge in [0.25, 0.3) is 0 Å². The Balaban J connectivity index is 1.86. The number of amides is 2. The van der Waals surface area contributed by atoms with Crippen LogP contribution in [0.2, 0.25) is 0 Å². The Labute approximate surface area is 143 Å². The van der Waals surface area contributed by atoms with Gasteiger partial charge in [-0.05, 0) is 29.0 Å². The van der Waals surface area contributed by atoms with Crippen LogP contribution in [-0.4, -0.2) is 17.7 Å². The first kappa shape index (κ1) is 18.0. The summed E-state index contributed by atoms with van der Waals surface area (Å²) < 4.78 is 0. The molecular formula is C20H26N2O2. The maximum absolute atomic E-state index is 12.1. The predicted octanol–water partition coefficient (Wildman–Crippen LogP) is 4.23. The molecule has 0 spiro atoms. The van der Waals surface area contributed by atoms with Crippen molar-refractivity contribution in [2.24, 2.45) is 0 Å². The van der Waals surface area contributed by atoms with E-state index in [0.717, 1.165) is 16.8 Å². The normalized spacial score (nSPS) is 12.5. The molecule has 2 rings (SSSR count). The minimum Gasteiger partial charge on any atom is -0.388 e. The van der Waals surface area contributed by atoms with E-state index < -0.39 is 6.10 Å². The number of nitrogens with one attached hydrogen (secondary N) is 2. The number of carbonyl (C=O) groups excluding carboxylic acids is 1. The van der Waals surface area contributed by atoms with Crippen LogP contribution in [0, 0.1) is 0 Å². The Kier molecular flexibility index (Phi) is 5.99. The van der Waals surface area contributed by atoms with E-state index in [1.54, 1.807) is 0 Å². The molecule has 24 heavy (non-hydrogen) atoms. The van der Waals surface area contributed by atoms with E-state index in [2.05, 4.69) is 31.4 Å². The van der Waals surface area contributed by atoms with Gasteiger partial charge < -0.3 is 15.7 Å². The summed E-state index contributed by atoms with van der Waals surface area (Å²) in [6, 6.07) is 17.0. The van der Waals surface area contributed by atoms with Gasteiger partial charge in [0.05, 0.1) is 6.10 Å². The van der Waals surface area contributed by atoms with Gasteiger partial charge in [-0.25, -0.2) is 4.79 Å². The van der Waals surface area contributed by atoms with Crippen molar-refractivity contribution in [2.75, 3.05) is 11.9 Å². The Morgan fingerprint density at radius 2 is 1.67 bits per heavy atom. The molecule has 4 nitrogen and oxygen atoms in total. The van der Waals surface area contributed by atoms with E-state index in [9.17, 15) is 9.90 Å². The number of urea groups is 1. The fourth-order valence-electron chi connectivity index (χ4n) is 2.58. The lowest BCUT2D eigenvalue weighted by Crippen LogP contribution is -2.31. The van der Waals surface area contributed by atoms with Gasteiger partial charge in [0.2, 0.25) is 0 Å². The van der Waals surface area contributed by atoms with Crippen molar-refractivity contribution in [3.8, 4) is 0 Å². The van der Waals surface area contributed by atoms with Gasteiger partial charge in [0.15, 0.2) is 0 Å². The zero-order valence-electron chi connectivity index (χ0n) is 14.5. The molecular weight excluding hydrogens is 300 g/mol. The molecule has 0 heterocycles. The van der Waals surface area contributed by atoms with Crippen LogP contribution in [0.3, 0.4) is 0 Å². The summed E-state index contributed by atoms with van der Waals surface area (Å²) in [6.45, 7) is 6.74. The number of hydrogen-bond acceptors (Lipinski definition) is 2. The number of aliphatic hydroxyl groups excluding tert-OH is 1. The molecule has 1 atom stereocenters. The fourth-order valence-corrected chi connectivity index (χ4v) is 2.58. The summed E-state index contributed by atoms with van der Waals surface area (Å²) in [5.41, 5.74) is 2.71. The molecule has 0 saturated carbocycles. The predicted molar refractivity (Wildman–Crippen MR) is 98.2 cm³/mol. The molecule has 4 heteroatoms. The lowest BCUT2D eigenvalue weighted by atomic mass is 9.86. The van der Waals surface area contributed by atoms with Crippen molar-refractivity contribution in [1.29, 1.82) is 0 Å². The van der Waals surface area contributed by atoms with Gasteiger partial charge in [0.1, 0.15) is 0 Å². The smallest absolute Gasteiger partial charge is 0.319 e. The third-order valence-electron chi connectivity index (χ3n) is 3.87. The number of para-hydroxylation sites is 1. The molecule has 2 aromatic rings. The molecule has 2 amide bonds. The fraction of sp³-hybridized carbons (Fsp3) is 0.350. The van der Waals surface area contributed by atoms with Crippen LogP contribution in [-0.2, 0) is 5.41 Å². The zero-order chi connectivity index (χ0) is 17.6. The quantitative estimate of drug-likeness (QED) is 0.770. The van der Waals surface area contributed by atoms with Crippen LogP contribution in [0.5, 0.6) is 0 Å². The molecule has 0 aliphatic carbocycles. The van der Waals surface area contributed by atoms with Crippen LogP contribution in [0.4, 0.5) is 10.5 Å². The first-order valence-corrected chi connectivity index (χ1v) is 8.25. The molecule has 0 aliphatic rings. The highest BCUT2D eigenvalue weighted by molar-refractivity contribution is 5.90. The largest absolute Gasteiger partial charge is 0.388 e. The highest BCUT2D eigenvalue weighted by atomic mass is 16.3. The number of aliphatic hydroxyl groups is 1. The molecule has 0 aliphatic heterocycles. The van der Waals surface area contributed by atoms with Crippen LogP contribution in [0.1, 0.15) is 44.4 Å². The van der Waals surface area contributed by atoms with Gasteiger partial charge in [-0.1, -0.05) is 69.3 Å². The van der Waals surface area contributed by atoms with Crippen LogP contribution in [0.25, 0.3) is 0 Å². The van der Waals surface area contributed by atoms with Crippen molar-refractivity contribution >= 4 is 11.7 Å². The monoisotopic (exact) mass is 326 g/mol. The standard InChI is InChI=1S/C20H26N2O2/c1-20(2,3)16-11-7-8-12-17(16)22-19(24)21-14-13-18(23)15-9-5-4-6-10-15/h4-12,18,23H,13-14H2,1-3H3,(H2,21,22,24). The molecule has 0 saturated heterocycles. The molecule has 0 radical (unpaired) electrons. The first-order chi connectivity index (χ1) is 11.4. The topological polar surface area (TPSA) is 61.4 Å². The van der Waals surface area contributed by atoms with Gasteiger partial charge in [-0.15, -0.1) is 0 Å². The van der Waals surface area contributed by atoms with E-state index in [1.165, 1.54) is 0 Å². The molecule has 2 aromatic carbocycles. The molecule has 0 fully saturated rings. The summed E-state index contributed by atoms with van der Waals surface area (Å²) in [5, 5.41) is 15.8. The third-order valence-corrected chi connectivity index (χ3v) is 3.87. The van der Waals surface area contributed by atoms with E-state index in [4.69, 9.17) is 0 Å². The second kappa shape index (κ2) is 7.97. The molecule has 1 unspecified atom stereocenters. The van der Waals surface area contributed by atoms with Crippen molar-refractivity contribution in [1.82, 2.24) is 5.32 Å². The summed E-state index contributed by atoms with van der Waals surface area (Å²) in [4.78, 5) is 12.1. The van der Waals surface area contributed by atoms with E-state index in [1.807, 2.05) is 54.6 Å². The van der Waals surface area contributed by atoms with E-state index in [0.29, 0.717) is 13.0 Å². The number of hydrogen-bond donors (Lipinski definition) is 3. The van der Waals surface area contributed by atoms with Crippen LogP contribution in [0.15, 0.2) is 54.6 Å². The van der Waals surface area contributed by atoms with Gasteiger partial charge in [-0.2, -0.15) is 0 Å².